The minimum absolute atomic E-state index is 0.114. The van der Waals surface area contributed by atoms with Gasteiger partial charge < -0.3 is 14.5 Å². The van der Waals surface area contributed by atoms with E-state index in [0.717, 1.165) is 21.0 Å². The molecular formula is C25H27FN2O4S. The molecule has 1 unspecified atom stereocenters. The molecule has 174 valence electrons. The van der Waals surface area contributed by atoms with Crippen LogP contribution in [0, 0.1) is 18.7 Å². The van der Waals surface area contributed by atoms with Crippen molar-refractivity contribution in [1.29, 1.82) is 0 Å². The zero-order valence-corrected chi connectivity index (χ0v) is 19.5. The highest BCUT2D eigenvalue weighted by Gasteiger charge is 2.33. The van der Waals surface area contributed by atoms with Crippen LogP contribution >= 0.6 is 11.3 Å². The van der Waals surface area contributed by atoms with E-state index in [1.165, 1.54) is 29.7 Å². The second-order valence-corrected chi connectivity index (χ2v) is 9.35. The number of hydrogen-bond acceptors (Lipinski definition) is 6. The van der Waals surface area contributed by atoms with E-state index in [2.05, 4.69) is 16.3 Å². The zero-order valence-electron chi connectivity index (χ0n) is 18.7. The molecule has 3 aromatic rings. The molecule has 33 heavy (non-hydrogen) atoms. The summed E-state index contributed by atoms with van der Waals surface area (Å²) < 4.78 is 24.1. The molecule has 1 atom stereocenters. The Balaban J connectivity index is 1.63. The molecule has 0 bridgehead atoms. The van der Waals surface area contributed by atoms with E-state index in [1.54, 1.807) is 24.3 Å². The molecule has 4 rings (SSSR count). The second kappa shape index (κ2) is 10.3. The van der Waals surface area contributed by atoms with Crippen molar-refractivity contribution in [2.75, 3.05) is 25.0 Å². The van der Waals surface area contributed by atoms with Gasteiger partial charge in [0.25, 0.3) is 5.91 Å². The fourth-order valence-electron chi connectivity index (χ4n) is 4.29. The van der Waals surface area contributed by atoms with Crippen LogP contribution in [0.25, 0.3) is 0 Å². The van der Waals surface area contributed by atoms with Crippen molar-refractivity contribution in [3.8, 4) is 0 Å². The van der Waals surface area contributed by atoms with Gasteiger partial charge in [-0.3, -0.25) is 14.5 Å². The Morgan fingerprint density at radius 3 is 2.61 bits per heavy atom. The van der Waals surface area contributed by atoms with Crippen molar-refractivity contribution >= 4 is 28.2 Å². The molecule has 8 heteroatoms. The third-order valence-corrected chi connectivity index (χ3v) is 6.83. The smallest absolute Gasteiger partial charge is 0.309 e. The highest BCUT2D eigenvalue weighted by atomic mass is 32.1. The normalized spacial score (nSPS) is 15.8. The quantitative estimate of drug-likeness (QED) is 0.468. The topological polar surface area (TPSA) is 71.8 Å². The van der Waals surface area contributed by atoms with Crippen LogP contribution in [0.2, 0.25) is 0 Å². The maximum absolute atomic E-state index is 13.7. The Morgan fingerprint density at radius 2 is 1.97 bits per heavy atom. The third-order valence-electron chi connectivity index (χ3n) is 5.85. The van der Waals surface area contributed by atoms with Crippen LogP contribution in [0.4, 0.5) is 9.39 Å². The van der Waals surface area contributed by atoms with Crippen molar-refractivity contribution in [2.45, 2.75) is 32.7 Å². The Hall–Kier alpha value is -2.97. The first-order valence-corrected chi connectivity index (χ1v) is 11.9. The SMILES string of the molecule is CCOC(=O)C1CCN(C(c2ccc(F)cc2)c2cc(C)sc2NC(=O)c2ccco2)CC1. The zero-order chi connectivity index (χ0) is 23.4. The second-order valence-electron chi connectivity index (χ2n) is 8.09. The lowest BCUT2D eigenvalue weighted by atomic mass is 9.91. The van der Waals surface area contributed by atoms with E-state index >= 15 is 0 Å². The fraction of sp³-hybridized carbons (Fsp3) is 0.360. The third kappa shape index (κ3) is 5.34. The number of nitrogens with zero attached hydrogens (tertiary/aromatic N) is 1. The van der Waals surface area contributed by atoms with Gasteiger partial charge in [-0.25, -0.2) is 4.39 Å². The first-order valence-electron chi connectivity index (χ1n) is 11.1. The lowest BCUT2D eigenvalue weighted by molar-refractivity contribution is -0.149. The van der Waals surface area contributed by atoms with Gasteiger partial charge in [-0.15, -0.1) is 11.3 Å². The Kier molecular flexibility index (Phi) is 7.25. The summed E-state index contributed by atoms with van der Waals surface area (Å²) >= 11 is 1.49. The van der Waals surface area contributed by atoms with E-state index in [-0.39, 0.29) is 35.4 Å². The van der Waals surface area contributed by atoms with E-state index in [0.29, 0.717) is 32.5 Å². The van der Waals surface area contributed by atoms with Crippen LogP contribution in [-0.4, -0.2) is 36.5 Å². The highest BCUT2D eigenvalue weighted by molar-refractivity contribution is 7.16. The van der Waals surface area contributed by atoms with Crippen molar-refractivity contribution in [3.05, 3.63) is 76.3 Å². The van der Waals surface area contributed by atoms with Crippen molar-refractivity contribution in [2.24, 2.45) is 5.92 Å². The molecule has 1 amide bonds. The van der Waals surface area contributed by atoms with Crippen LogP contribution in [-0.2, 0) is 9.53 Å². The Bertz CT molecular complexity index is 1090. The lowest BCUT2D eigenvalue weighted by Gasteiger charge is -2.37. The minimum Gasteiger partial charge on any atom is -0.466 e. The molecule has 6 nitrogen and oxygen atoms in total. The van der Waals surface area contributed by atoms with Gasteiger partial charge in [0, 0.05) is 10.4 Å². The van der Waals surface area contributed by atoms with Gasteiger partial charge in [0.1, 0.15) is 10.8 Å². The van der Waals surface area contributed by atoms with Crippen LogP contribution in [0.5, 0.6) is 0 Å². The van der Waals surface area contributed by atoms with Crippen LogP contribution in [0.15, 0.2) is 53.1 Å². The summed E-state index contributed by atoms with van der Waals surface area (Å²) in [6, 6.07) is 11.6. The predicted octanol–water partition coefficient (Wildman–Crippen LogP) is 5.41. The Morgan fingerprint density at radius 1 is 1.24 bits per heavy atom. The van der Waals surface area contributed by atoms with Crippen molar-refractivity contribution in [1.82, 2.24) is 4.90 Å². The summed E-state index contributed by atoms with van der Waals surface area (Å²) in [6.07, 6.45) is 2.84. The Labute approximate surface area is 196 Å². The average Bonchev–Trinajstić information content (AvgIpc) is 3.46. The number of nitrogens with one attached hydrogen (secondary N) is 1. The maximum Gasteiger partial charge on any atom is 0.309 e. The van der Waals surface area contributed by atoms with Gasteiger partial charge >= 0.3 is 5.97 Å². The molecule has 1 saturated heterocycles. The summed E-state index contributed by atoms with van der Waals surface area (Å²) in [6.45, 7) is 5.56. The number of rotatable bonds is 7. The molecule has 0 aliphatic carbocycles. The first-order chi connectivity index (χ1) is 16.0. The van der Waals surface area contributed by atoms with Gasteiger partial charge in [-0.1, -0.05) is 12.1 Å². The van der Waals surface area contributed by atoms with Gasteiger partial charge in [0.2, 0.25) is 0 Å². The minimum atomic E-state index is -0.318. The number of benzene rings is 1. The number of carbonyl (C=O) groups excluding carboxylic acids is 2. The molecule has 0 spiro atoms. The summed E-state index contributed by atoms with van der Waals surface area (Å²) in [5.41, 5.74) is 1.87. The average molecular weight is 471 g/mol. The molecule has 1 aromatic carbocycles. The molecule has 2 aromatic heterocycles. The van der Waals surface area contributed by atoms with Gasteiger partial charge in [0.15, 0.2) is 5.76 Å². The number of esters is 1. The number of hydrogen-bond donors (Lipinski definition) is 1. The van der Waals surface area contributed by atoms with Crippen molar-refractivity contribution in [3.63, 3.8) is 0 Å². The number of halogens is 1. The highest BCUT2D eigenvalue weighted by Crippen LogP contribution is 2.40. The summed E-state index contributed by atoms with van der Waals surface area (Å²) in [5.74, 6) is -0.639. The lowest BCUT2D eigenvalue weighted by Crippen LogP contribution is -2.39. The van der Waals surface area contributed by atoms with Crippen LogP contribution < -0.4 is 5.32 Å². The van der Waals surface area contributed by atoms with E-state index in [9.17, 15) is 14.0 Å². The number of likely N-dealkylation sites (tertiary alicyclic amines) is 1. The number of aryl methyl sites for hydroxylation is 1. The van der Waals surface area contributed by atoms with Gasteiger partial charge in [0.05, 0.1) is 24.8 Å². The first kappa shape index (κ1) is 23.2. The molecule has 1 fully saturated rings. The number of amides is 1. The molecule has 0 saturated carbocycles. The summed E-state index contributed by atoms with van der Waals surface area (Å²) in [7, 11) is 0. The molecular weight excluding hydrogens is 443 g/mol. The number of thiophene rings is 1. The predicted molar refractivity (Wildman–Crippen MR) is 125 cm³/mol. The number of anilines is 1. The van der Waals surface area contributed by atoms with Gasteiger partial charge in [-0.2, -0.15) is 0 Å². The van der Waals surface area contributed by atoms with E-state index in [1.807, 2.05) is 13.8 Å². The number of furan rings is 1. The molecule has 0 radical (unpaired) electrons. The summed E-state index contributed by atoms with van der Waals surface area (Å²) in [5, 5.41) is 3.72. The number of carbonyl (C=O) groups is 2. The standard InChI is InChI=1S/C25H27FN2O4S/c1-3-31-25(30)18-10-12-28(13-11-18)22(17-6-8-19(26)9-7-17)20-15-16(2)33-24(20)27-23(29)21-5-4-14-32-21/h4-9,14-15,18,22H,3,10-13H2,1-2H3,(H,27,29). The fourth-order valence-corrected chi connectivity index (χ4v) is 5.23. The van der Waals surface area contributed by atoms with Crippen molar-refractivity contribution < 1.29 is 23.1 Å². The number of piperidine rings is 1. The monoisotopic (exact) mass is 470 g/mol. The maximum atomic E-state index is 13.7. The molecule has 3 heterocycles. The van der Waals surface area contributed by atoms with Crippen LogP contribution in [0.1, 0.15) is 52.4 Å². The van der Waals surface area contributed by atoms with E-state index < -0.39 is 0 Å². The largest absolute Gasteiger partial charge is 0.466 e. The van der Waals surface area contributed by atoms with Crippen LogP contribution in [0.3, 0.4) is 0 Å². The molecule has 1 aliphatic heterocycles. The number of ether oxygens (including phenoxy) is 1. The van der Waals surface area contributed by atoms with Gasteiger partial charge in [-0.05, 0) is 75.7 Å². The molecule has 1 aliphatic rings. The molecule has 1 N–H and O–H groups in total. The summed E-state index contributed by atoms with van der Waals surface area (Å²) in [4.78, 5) is 28.2. The van der Waals surface area contributed by atoms with E-state index in [4.69, 9.17) is 9.15 Å².